The number of nitrogens with one attached hydrogen (secondary N) is 1. The summed E-state index contributed by atoms with van der Waals surface area (Å²) < 4.78 is 5.15. The lowest BCUT2D eigenvalue weighted by atomic mass is 10.3. The van der Waals surface area contributed by atoms with E-state index in [9.17, 15) is 4.79 Å². The van der Waals surface area contributed by atoms with E-state index in [2.05, 4.69) is 5.32 Å². The van der Waals surface area contributed by atoms with E-state index in [0.29, 0.717) is 11.4 Å². The molecule has 0 heterocycles. The molecule has 82 valence electrons. The Labute approximate surface area is 92.8 Å². The Kier molecular flexibility index (Phi) is 4.93. The van der Waals surface area contributed by atoms with Gasteiger partial charge in [0.2, 0.25) is 5.91 Å². The van der Waals surface area contributed by atoms with Gasteiger partial charge in [0.05, 0.1) is 6.61 Å². The van der Waals surface area contributed by atoms with E-state index >= 15 is 0 Å². The van der Waals surface area contributed by atoms with Crippen LogP contribution in [0.2, 0.25) is 0 Å². The fourth-order valence-electron chi connectivity index (χ4n) is 0.992. The molecule has 1 amide bonds. The first kappa shape index (κ1) is 11.8. The number of hydrogen-bond donors (Lipinski definition) is 2. The van der Waals surface area contributed by atoms with E-state index in [0.717, 1.165) is 0 Å². The van der Waals surface area contributed by atoms with Gasteiger partial charge in [0.15, 0.2) is 0 Å². The van der Waals surface area contributed by atoms with Gasteiger partial charge in [-0.25, -0.2) is 0 Å². The van der Waals surface area contributed by atoms with Crippen molar-refractivity contribution in [3.63, 3.8) is 0 Å². The van der Waals surface area contributed by atoms with Gasteiger partial charge in [0.1, 0.15) is 18.2 Å². The molecule has 0 saturated carbocycles. The molecule has 0 aromatic heterocycles. The summed E-state index contributed by atoms with van der Waals surface area (Å²) >= 11 is 5.34. The Morgan fingerprint density at radius 1 is 1.40 bits per heavy atom. The van der Waals surface area contributed by atoms with Crippen LogP contribution in [0.5, 0.6) is 5.75 Å². The second-order valence-electron chi connectivity index (χ2n) is 2.78. The monoisotopic (exact) mass is 229 g/mol. The summed E-state index contributed by atoms with van der Waals surface area (Å²) in [5.74, 6) is 0.330. The Morgan fingerprint density at radius 3 is 2.60 bits per heavy atom. The lowest BCUT2D eigenvalue weighted by molar-refractivity contribution is -0.113. The highest BCUT2D eigenvalue weighted by molar-refractivity contribution is 6.29. The van der Waals surface area contributed by atoms with E-state index in [1.54, 1.807) is 24.3 Å². The first-order chi connectivity index (χ1) is 7.26. The molecule has 0 spiro atoms. The van der Waals surface area contributed by atoms with Gasteiger partial charge in [-0.3, -0.25) is 4.79 Å². The van der Waals surface area contributed by atoms with Gasteiger partial charge >= 0.3 is 0 Å². The van der Waals surface area contributed by atoms with Crippen LogP contribution in [-0.2, 0) is 4.79 Å². The zero-order chi connectivity index (χ0) is 11.1. The predicted molar refractivity (Wildman–Crippen MR) is 58.4 cm³/mol. The summed E-state index contributed by atoms with van der Waals surface area (Å²) in [4.78, 5) is 10.9. The summed E-state index contributed by atoms with van der Waals surface area (Å²) in [5.41, 5.74) is 0.664. The second kappa shape index (κ2) is 6.27. The molecule has 1 aromatic carbocycles. The lowest BCUT2D eigenvalue weighted by Crippen LogP contribution is -2.12. The quantitative estimate of drug-likeness (QED) is 0.747. The largest absolute Gasteiger partial charge is 0.491 e. The highest BCUT2D eigenvalue weighted by Crippen LogP contribution is 2.15. The molecule has 1 aromatic rings. The molecule has 0 fully saturated rings. The molecule has 0 radical (unpaired) electrons. The molecule has 0 unspecified atom stereocenters. The first-order valence-corrected chi connectivity index (χ1v) is 4.99. The number of aliphatic hydroxyl groups excluding tert-OH is 1. The van der Waals surface area contributed by atoms with Crippen molar-refractivity contribution >= 4 is 23.2 Å². The van der Waals surface area contributed by atoms with Crippen LogP contribution in [0.1, 0.15) is 0 Å². The van der Waals surface area contributed by atoms with Crippen molar-refractivity contribution in [2.24, 2.45) is 0 Å². The fraction of sp³-hybridized carbons (Fsp3) is 0.300. The van der Waals surface area contributed by atoms with Crippen LogP contribution in [0.4, 0.5) is 5.69 Å². The average molecular weight is 230 g/mol. The van der Waals surface area contributed by atoms with Crippen LogP contribution in [0.3, 0.4) is 0 Å². The zero-order valence-corrected chi connectivity index (χ0v) is 8.83. The average Bonchev–Trinajstić information content (AvgIpc) is 2.28. The van der Waals surface area contributed by atoms with E-state index in [4.69, 9.17) is 21.4 Å². The van der Waals surface area contributed by atoms with Crippen LogP contribution in [0.25, 0.3) is 0 Å². The smallest absolute Gasteiger partial charge is 0.239 e. The number of carbonyl (C=O) groups is 1. The third-order valence-corrected chi connectivity index (χ3v) is 1.86. The number of hydrogen-bond acceptors (Lipinski definition) is 3. The Bertz CT molecular complexity index is 313. The van der Waals surface area contributed by atoms with Crippen molar-refractivity contribution in [1.82, 2.24) is 0 Å². The fourth-order valence-corrected chi connectivity index (χ4v) is 1.06. The maximum atomic E-state index is 10.9. The molecule has 0 aliphatic heterocycles. The number of alkyl halides is 1. The number of carbonyl (C=O) groups excluding carboxylic acids is 1. The van der Waals surface area contributed by atoms with E-state index in [1.807, 2.05) is 0 Å². The molecule has 2 N–H and O–H groups in total. The molecular formula is C10H12ClNO3. The molecule has 0 aliphatic rings. The van der Waals surface area contributed by atoms with Gasteiger partial charge in [0.25, 0.3) is 0 Å². The molecule has 0 bridgehead atoms. The minimum absolute atomic E-state index is 0.0231. The maximum Gasteiger partial charge on any atom is 0.239 e. The normalized spacial score (nSPS) is 9.73. The van der Waals surface area contributed by atoms with Crippen molar-refractivity contribution in [3.05, 3.63) is 24.3 Å². The van der Waals surface area contributed by atoms with Crippen LogP contribution in [0, 0.1) is 0 Å². The third-order valence-electron chi connectivity index (χ3n) is 1.62. The number of benzene rings is 1. The summed E-state index contributed by atoms with van der Waals surface area (Å²) in [6.45, 7) is 0.234. The molecular weight excluding hydrogens is 218 g/mol. The van der Waals surface area contributed by atoms with Gasteiger partial charge in [-0.15, -0.1) is 11.6 Å². The SMILES string of the molecule is O=C(CCl)Nc1ccc(OCCO)cc1. The van der Waals surface area contributed by atoms with Gasteiger partial charge in [0, 0.05) is 5.69 Å². The van der Waals surface area contributed by atoms with Crippen molar-refractivity contribution in [1.29, 1.82) is 0 Å². The topological polar surface area (TPSA) is 58.6 Å². The van der Waals surface area contributed by atoms with Crippen LogP contribution < -0.4 is 10.1 Å². The molecule has 4 nitrogen and oxygen atoms in total. The Hall–Kier alpha value is -1.26. The lowest BCUT2D eigenvalue weighted by Gasteiger charge is -2.06. The highest BCUT2D eigenvalue weighted by atomic mass is 35.5. The predicted octanol–water partition coefficient (Wildman–Crippen LogP) is 1.23. The first-order valence-electron chi connectivity index (χ1n) is 4.46. The number of rotatable bonds is 5. The minimum Gasteiger partial charge on any atom is -0.491 e. The number of aliphatic hydroxyl groups is 1. The molecule has 1 rings (SSSR count). The zero-order valence-electron chi connectivity index (χ0n) is 8.07. The van der Waals surface area contributed by atoms with Gasteiger partial charge in [-0.05, 0) is 24.3 Å². The standard InChI is InChI=1S/C10H12ClNO3/c11-7-10(14)12-8-1-3-9(4-2-8)15-6-5-13/h1-4,13H,5-7H2,(H,12,14). The number of halogens is 1. The molecule has 15 heavy (non-hydrogen) atoms. The summed E-state index contributed by atoms with van der Waals surface area (Å²) in [7, 11) is 0. The van der Waals surface area contributed by atoms with Crippen molar-refractivity contribution in [3.8, 4) is 5.75 Å². The Morgan fingerprint density at radius 2 is 2.07 bits per heavy atom. The van der Waals surface area contributed by atoms with Crippen molar-refractivity contribution < 1.29 is 14.6 Å². The number of anilines is 1. The molecule has 0 aliphatic carbocycles. The van der Waals surface area contributed by atoms with Gasteiger partial charge in [-0.2, -0.15) is 0 Å². The maximum absolute atomic E-state index is 10.9. The van der Waals surface area contributed by atoms with Crippen molar-refractivity contribution in [2.75, 3.05) is 24.4 Å². The Balaban J connectivity index is 2.52. The van der Waals surface area contributed by atoms with Crippen LogP contribution in [0.15, 0.2) is 24.3 Å². The minimum atomic E-state index is -0.249. The van der Waals surface area contributed by atoms with E-state index in [-0.39, 0.29) is 25.0 Å². The van der Waals surface area contributed by atoms with Gasteiger partial charge < -0.3 is 15.2 Å². The highest BCUT2D eigenvalue weighted by Gasteiger charge is 1.99. The second-order valence-corrected chi connectivity index (χ2v) is 3.05. The van der Waals surface area contributed by atoms with Crippen LogP contribution in [-0.4, -0.2) is 30.1 Å². The molecule has 0 saturated heterocycles. The molecule has 5 heteroatoms. The summed E-state index contributed by atoms with van der Waals surface area (Å²) in [5, 5.41) is 11.1. The van der Waals surface area contributed by atoms with E-state index < -0.39 is 0 Å². The van der Waals surface area contributed by atoms with Gasteiger partial charge in [-0.1, -0.05) is 0 Å². The van der Waals surface area contributed by atoms with Crippen molar-refractivity contribution in [2.45, 2.75) is 0 Å². The third kappa shape index (κ3) is 4.18. The molecule has 0 atom stereocenters. The summed E-state index contributed by atoms with van der Waals surface area (Å²) in [6, 6.07) is 6.83. The summed E-state index contributed by atoms with van der Waals surface area (Å²) in [6.07, 6.45) is 0. The number of amides is 1. The van der Waals surface area contributed by atoms with E-state index in [1.165, 1.54) is 0 Å². The van der Waals surface area contributed by atoms with Crippen LogP contribution >= 0.6 is 11.6 Å². The number of ether oxygens (including phenoxy) is 1.